The zero-order valence-corrected chi connectivity index (χ0v) is 10.5. The van der Waals surface area contributed by atoms with Crippen LogP contribution in [-0.4, -0.2) is 46.6 Å². The molecular formula is C12H21NO2S. The van der Waals surface area contributed by atoms with Gasteiger partial charge in [0.05, 0.1) is 5.25 Å². The lowest BCUT2D eigenvalue weighted by atomic mass is 9.95. The van der Waals surface area contributed by atoms with Crippen LogP contribution in [0.2, 0.25) is 0 Å². The number of likely N-dealkylation sites (tertiary alicyclic amines) is 1. The molecule has 0 aromatic heterocycles. The first-order valence-corrected chi connectivity index (χ1v) is 7.37. The van der Waals surface area contributed by atoms with Crippen molar-refractivity contribution in [2.45, 2.75) is 37.4 Å². The third-order valence-corrected chi connectivity index (χ3v) is 4.94. The minimum absolute atomic E-state index is 0.230. The average molecular weight is 243 g/mol. The first kappa shape index (κ1) is 12.2. The maximum absolute atomic E-state index is 12.2. The van der Waals surface area contributed by atoms with E-state index in [-0.39, 0.29) is 11.9 Å². The standard InChI is InChI=1S/C12H21NO2S/c14-7-5-10-3-1-6-13(9-10)12(15)11-4-2-8-16-11/h10-11,14H,1-9H2. The van der Waals surface area contributed by atoms with Crippen molar-refractivity contribution in [3.63, 3.8) is 0 Å². The van der Waals surface area contributed by atoms with Gasteiger partial charge >= 0.3 is 0 Å². The lowest BCUT2D eigenvalue weighted by molar-refractivity contribution is -0.132. The van der Waals surface area contributed by atoms with Crippen molar-refractivity contribution in [3.8, 4) is 0 Å². The zero-order valence-electron chi connectivity index (χ0n) is 9.73. The monoisotopic (exact) mass is 243 g/mol. The van der Waals surface area contributed by atoms with Crippen LogP contribution in [0.3, 0.4) is 0 Å². The van der Waals surface area contributed by atoms with E-state index < -0.39 is 0 Å². The van der Waals surface area contributed by atoms with Gasteiger partial charge in [0.15, 0.2) is 0 Å². The van der Waals surface area contributed by atoms with Gasteiger partial charge in [0, 0.05) is 19.7 Å². The van der Waals surface area contributed by atoms with Crippen LogP contribution in [-0.2, 0) is 4.79 Å². The van der Waals surface area contributed by atoms with Crippen molar-refractivity contribution in [1.29, 1.82) is 0 Å². The molecule has 1 N–H and O–H groups in total. The molecule has 2 heterocycles. The summed E-state index contributed by atoms with van der Waals surface area (Å²) in [5.74, 6) is 2.02. The van der Waals surface area contributed by atoms with Crippen molar-refractivity contribution in [1.82, 2.24) is 4.90 Å². The Balaban J connectivity index is 1.85. The van der Waals surface area contributed by atoms with Gasteiger partial charge in [0.1, 0.15) is 0 Å². The van der Waals surface area contributed by atoms with E-state index in [1.165, 1.54) is 12.8 Å². The predicted octanol–water partition coefficient (Wildman–Crippen LogP) is 1.50. The molecule has 1 amide bonds. The molecular weight excluding hydrogens is 222 g/mol. The van der Waals surface area contributed by atoms with Crippen molar-refractivity contribution < 1.29 is 9.90 Å². The number of nitrogens with zero attached hydrogens (tertiary/aromatic N) is 1. The number of piperidine rings is 1. The summed E-state index contributed by atoms with van der Waals surface area (Å²) in [6, 6.07) is 0. The molecule has 0 saturated carbocycles. The topological polar surface area (TPSA) is 40.5 Å². The Labute approximate surface area is 102 Å². The van der Waals surface area contributed by atoms with Crippen LogP contribution in [0, 0.1) is 5.92 Å². The molecule has 2 aliphatic rings. The van der Waals surface area contributed by atoms with E-state index in [1.54, 1.807) is 0 Å². The summed E-state index contributed by atoms with van der Waals surface area (Å²) in [5, 5.41) is 9.18. The molecule has 2 saturated heterocycles. The Kier molecular flexibility index (Phi) is 4.53. The Hall–Kier alpha value is -0.220. The maximum Gasteiger partial charge on any atom is 0.235 e. The van der Waals surface area contributed by atoms with E-state index in [4.69, 9.17) is 5.11 Å². The SMILES string of the molecule is O=C(C1CCCS1)N1CCCC(CCO)C1. The molecule has 16 heavy (non-hydrogen) atoms. The maximum atomic E-state index is 12.2. The molecule has 0 spiro atoms. The van der Waals surface area contributed by atoms with Crippen LogP contribution in [0.25, 0.3) is 0 Å². The fourth-order valence-electron chi connectivity index (χ4n) is 2.66. The van der Waals surface area contributed by atoms with Gasteiger partial charge in [0.2, 0.25) is 5.91 Å². The van der Waals surface area contributed by atoms with Gasteiger partial charge in [-0.15, -0.1) is 11.8 Å². The average Bonchev–Trinajstić information content (AvgIpc) is 2.82. The van der Waals surface area contributed by atoms with E-state index in [9.17, 15) is 4.79 Å². The second-order valence-electron chi connectivity index (χ2n) is 4.81. The molecule has 2 rings (SSSR count). The first-order valence-electron chi connectivity index (χ1n) is 6.32. The van der Waals surface area contributed by atoms with E-state index in [0.29, 0.717) is 11.8 Å². The Bertz CT molecular complexity index is 239. The van der Waals surface area contributed by atoms with Crippen molar-refractivity contribution in [2.75, 3.05) is 25.4 Å². The minimum Gasteiger partial charge on any atom is -0.396 e. The van der Waals surface area contributed by atoms with Crippen molar-refractivity contribution in [3.05, 3.63) is 0 Å². The molecule has 2 aliphatic heterocycles. The van der Waals surface area contributed by atoms with E-state index >= 15 is 0 Å². The third-order valence-electron chi connectivity index (χ3n) is 3.57. The fourth-order valence-corrected chi connectivity index (χ4v) is 3.90. The second-order valence-corrected chi connectivity index (χ2v) is 6.12. The number of hydrogen-bond donors (Lipinski definition) is 1. The van der Waals surface area contributed by atoms with E-state index in [2.05, 4.69) is 0 Å². The molecule has 3 nitrogen and oxygen atoms in total. The quantitative estimate of drug-likeness (QED) is 0.816. The molecule has 0 aliphatic carbocycles. The normalized spacial score (nSPS) is 30.7. The van der Waals surface area contributed by atoms with Crippen LogP contribution in [0.15, 0.2) is 0 Å². The van der Waals surface area contributed by atoms with Gasteiger partial charge < -0.3 is 10.0 Å². The van der Waals surface area contributed by atoms with Crippen molar-refractivity contribution in [2.24, 2.45) is 5.92 Å². The summed E-state index contributed by atoms with van der Waals surface area (Å²) in [5.41, 5.74) is 0. The number of aliphatic hydroxyl groups excluding tert-OH is 1. The van der Waals surface area contributed by atoms with Crippen LogP contribution >= 0.6 is 11.8 Å². The highest BCUT2D eigenvalue weighted by atomic mass is 32.2. The number of thioether (sulfide) groups is 1. The third kappa shape index (κ3) is 2.92. The number of rotatable bonds is 3. The smallest absolute Gasteiger partial charge is 0.235 e. The van der Waals surface area contributed by atoms with Gasteiger partial charge in [-0.25, -0.2) is 0 Å². The van der Waals surface area contributed by atoms with Gasteiger partial charge in [0.25, 0.3) is 0 Å². The minimum atomic E-state index is 0.230. The highest BCUT2D eigenvalue weighted by molar-refractivity contribution is 8.00. The van der Waals surface area contributed by atoms with Gasteiger partial charge in [-0.2, -0.15) is 0 Å². The molecule has 2 fully saturated rings. The lowest BCUT2D eigenvalue weighted by Gasteiger charge is -2.34. The van der Waals surface area contributed by atoms with Gasteiger partial charge in [-0.1, -0.05) is 0 Å². The Morgan fingerprint density at radius 1 is 1.38 bits per heavy atom. The van der Waals surface area contributed by atoms with Crippen LogP contribution in [0.5, 0.6) is 0 Å². The van der Waals surface area contributed by atoms with Crippen LogP contribution < -0.4 is 0 Å². The summed E-state index contributed by atoms with van der Waals surface area (Å²) in [6.07, 6.45) is 5.37. The van der Waals surface area contributed by atoms with Crippen LogP contribution in [0.4, 0.5) is 0 Å². The number of aliphatic hydroxyl groups is 1. The number of carbonyl (C=O) groups excluding carboxylic acids is 1. The molecule has 4 heteroatoms. The Morgan fingerprint density at radius 2 is 2.25 bits per heavy atom. The lowest BCUT2D eigenvalue weighted by Crippen LogP contribution is -2.43. The summed E-state index contributed by atoms with van der Waals surface area (Å²) in [7, 11) is 0. The van der Waals surface area contributed by atoms with Crippen molar-refractivity contribution >= 4 is 17.7 Å². The zero-order chi connectivity index (χ0) is 11.4. The van der Waals surface area contributed by atoms with Gasteiger partial charge in [-0.3, -0.25) is 4.79 Å². The molecule has 0 radical (unpaired) electrons. The number of amides is 1. The first-order chi connectivity index (χ1) is 7.81. The molecule has 0 aromatic carbocycles. The molecule has 0 bridgehead atoms. The molecule has 92 valence electrons. The Morgan fingerprint density at radius 3 is 2.94 bits per heavy atom. The fraction of sp³-hybridized carbons (Fsp3) is 0.917. The van der Waals surface area contributed by atoms with E-state index in [0.717, 1.165) is 38.1 Å². The number of carbonyl (C=O) groups is 1. The summed E-state index contributed by atoms with van der Waals surface area (Å²) in [6.45, 7) is 2.05. The molecule has 0 aromatic rings. The summed E-state index contributed by atoms with van der Waals surface area (Å²) < 4.78 is 0. The second kappa shape index (κ2) is 5.92. The van der Waals surface area contributed by atoms with E-state index in [1.807, 2.05) is 16.7 Å². The van der Waals surface area contributed by atoms with Crippen LogP contribution in [0.1, 0.15) is 32.1 Å². The highest BCUT2D eigenvalue weighted by Gasteiger charge is 2.30. The molecule has 2 atom stereocenters. The highest BCUT2D eigenvalue weighted by Crippen LogP contribution is 2.29. The largest absolute Gasteiger partial charge is 0.396 e. The predicted molar refractivity (Wildman–Crippen MR) is 66.5 cm³/mol. The summed E-state index contributed by atoms with van der Waals surface area (Å²) >= 11 is 1.82. The summed E-state index contributed by atoms with van der Waals surface area (Å²) in [4.78, 5) is 14.2. The molecule has 2 unspecified atom stereocenters. The number of hydrogen-bond acceptors (Lipinski definition) is 3. The van der Waals surface area contributed by atoms with Gasteiger partial charge in [-0.05, 0) is 43.8 Å².